The number of amides is 1. The number of rotatable bonds is 3. The summed E-state index contributed by atoms with van der Waals surface area (Å²) >= 11 is 3.34. The van der Waals surface area contributed by atoms with Gasteiger partial charge in [0.15, 0.2) is 0 Å². The van der Waals surface area contributed by atoms with Crippen molar-refractivity contribution in [3.63, 3.8) is 0 Å². The Kier molecular flexibility index (Phi) is 4.28. The zero-order valence-electron chi connectivity index (χ0n) is 9.52. The van der Waals surface area contributed by atoms with E-state index in [2.05, 4.69) is 5.32 Å². The molecule has 1 amide bonds. The molecule has 9 heteroatoms. The maximum atomic E-state index is 13.5. The molecule has 0 unspecified atom stereocenters. The van der Waals surface area contributed by atoms with E-state index in [0.717, 1.165) is 2.88 Å². The van der Waals surface area contributed by atoms with Gasteiger partial charge in [0.1, 0.15) is 5.82 Å². The van der Waals surface area contributed by atoms with Crippen molar-refractivity contribution in [1.82, 2.24) is 0 Å². The second-order valence-electron chi connectivity index (χ2n) is 3.63. The van der Waals surface area contributed by atoms with Gasteiger partial charge in [-0.3, -0.25) is 14.9 Å². The van der Waals surface area contributed by atoms with Gasteiger partial charge in [0.05, 0.1) is 19.1 Å². The number of thiophene rings is 1. The summed E-state index contributed by atoms with van der Waals surface area (Å²) in [6, 6.07) is 2.60. The van der Waals surface area contributed by atoms with E-state index < -0.39 is 33.8 Å². The van der Waals surface area contributed by atoms with Crippen LogP contribution in [0.3, 0.4) is 0 Å². The molecule has 2 rings (SSSR count). The Morgan fingerprint density at radius 1 is 1.30 bits per heavy atom. The number of anilines is 1. The molecule has 0 atom stereocenters. The van der Waals surface area contributed by atoms with Crippen molar-refractivity contribution in [1.29, 1.82) is 0 Å². The number of nitro benzene ring substituents is 1. The highest BCUT2D eigenvalue weighted by Crippen LogP contribution is 2.26. The first-order valence-corrected chi connectivity index (χ1v) is 7.03. The predicted octanol–water partition coefficient (Wildman–Crippen LogP) is 3.79. The summed E-state index contributed by atoms with van der Waals surface area (Å²) in [5, 5.41) is 14.3. The summed E-state index contributed by atoms with van der Waals surface area (Å²) in [5.74, 6) is -2.99. The summed E-state index contributed by atoms with van der Waals surface area (Å²) in [5.41, 5.74) is -1.04. The van der Waals surface area contributed by atoms with Crippen LogP contribution in [-0.4, -0.2) is 10.8 Å². The molecule has 0 spiro atoms. The molecule has 0 saturated carbocycles. The Labute approximate surface area is 128 Å². The van der Waals surface area contributed by atoms with Crippen LogP contribution in [0, 0.1) is 24.6 Å². The van der Waals surface area contributed by atoms with Gasteiger partial charge in [-0.15, -0.1) is 11.3 Å². The normalized spacial score (nSPS) is 10.3. The van der Waals surface area contributed by atoms with Crippen molar-refractivity contribution in [3.05, 3.63) is 53.8 Å². The lowest BCUT2D eigenvalue weighted by Gasteiger charge is -2.05. The lowest BCUT2D eigenvalue weighted by Crippen LogP contribution is -2.12. The standard InChI is InChI=1S/C11H5F2IN2O3S/c12-6-2-7(13)9(16(18)19)3-8(6)15-11(17)5-1-10(14)20-4-5/h1-4H,(H,15,17). The molecule has 2 aromatic rings. The molecule has 0 aliphatic carbocycles. The molecule has 20 heavy (non-hydrogen) atoms. The molecule has 0 radical (unpaired) electrons. The number of carbonyl (C=O) groups excluding carboxylic acids is 1. The summed E-state index contributed by atoms with van der Waals surface area (Å²) < 4.78 is 27.5. The van der Waals surface area contributed by atoms with Gasteiger partial charge in [0, 0.05) is 17.5 Å². The fourth-order valence-corrected chi connectivity index (χ4v) is 2.72. The molecule has 0 saturated heterocycles. The molecule has 5 nitrogen and oxygen atoms in total. The Hall–Kier alpha value is -1.62. The second kappa shape index (κ2) is 5.79. The fourth-order valence-electron chi connectivity index (χ4n) is 1.40. The highest BCUT2D eigenvalue weighted by Gasteiger charge is 2.20. The summed E-state index contributed by atoms with van der Waals surface area (Å²) in [6.07, 6.45) is 0. The van der Waals surface area contributed by atoms with Crippen LogP contribution in [0.2, 0.25) is 0 Å². The van der Waals surface area contributed by atoms with Crippen molar-refractivity contribution < 1.29 is 18.5 Å². The van der Waals surface area contributed by atoms with Crippen LogP contribution >= 0.6 is 33.9 Å². The van der Waals surface area contributed by atoms with E-state index in [-0.39, 0.29) is 0 Å². The van der Waals surface area contributed by atoms with Crippen molar-refractivity contribution in [2.24, 2.45) is 0 Å². The average molecular weight is 410 g/mol. The van der Waals surface area contributed by atoms with Crippen LogP contribution in [0.15, 0.2) is 23.6 Å². The monoisotopic (exact) mass is 410 g/mol. The summed E-state index contributed by atoms with van der Waals surface area (Å²) in [6.45, 7) is 0. The molecule has 1 heterocycles. The van der Waals surface area contributed by atoms with E-state index in [0.29, 0.717) is 17.7 Å². The number of nitro groups is 1. The van der Waals surface area contributed by atoms with Crippen molar-refractivity contribution >= 4 is 51.2 Å². The molecule has 1 aromatic carbocycles. The molecule has 104 valence electrons. The van der Waals surface area contributed by atoms with Crippen LogP contribution < -0.4 is 5.32 Å². The first-order chi connectivity index (χ1) is 9.38. The number of hydrogen-bond acceptors (Lipinski definition) is 4. The van der Waals surface area contributed by atoms with Crippen LogP contribution in [0.1, 0.15) is 10.4 Å². The third kappa shape index (κ3) is 3.10. The molecule has 1 aromatic heterocycles. The molecule has 1 N–H and O–H groups in total. The van der Waals surface area contributed by atoms with Crippen LogP contribution in [0.25, 0.3) is 0 Å². The Morgan fingerprint density at radius 3 is 2.55 bits per heavy atom. The molecular formula is C11H5F2IN2O3S. The lowest BCUT2D eigenvalue weighted by molar-refractivity contribution is -0.387. The van der Waals surface area contributed by atoms with Crippen LogP contribution in [0.4, 0.5) is 20.2 Å². The van der Waals surface area contributed by atoms with E-state index in [1.807, 2.05) is 22.6 Å². The molecule has 0 fully saturated rings. The topological polar surface area (TPSA) is 72.2 Å². The number of hydrogen-bond donors (Lipinski definition) is 1. The minimum Gasteiger partial charge on any atom is -0.319 e. The van der Waals surface area contributed by atoms with Crippen molar-refractivity contribution in [2.75, 3.05) is 5.32 Å². The minimum atomic E-state index is -1.30. The van der Waals surface area contributed by atoms with E-state index in [1.165, 1.54) is 11.3 Å². The van der Waals surface area contributed by atoms with E-state index in [1.54, 1.807) is 11.4 Å². The van der Waals surface area contributed by atoms with Gasteiger partial charge in [0.25, 0.3) is 5.91 Å². The molecule has 0 aliphatic rings. The summed E-state index contributed by atoms with van der Waals surface area (Å²) in [7, 11) is 0. The maximum absolute atomic E-state index is 13.5. The van der Waals surface area contributed by atoms with E-state index in [4.69, 9.17) is 0 Å². The van der Waals surface area contributed by atoms with Gasteiger partial charge in [-0.1, -0.05) is 0 Å². The lowest BCUT2D eigenvalue weighted by atomic mass is 10.2. The van der Waals surface area contributed by atoms with Crippen molar-refractivity contribution in [2.45, 2.75) is 0 Å². The SMILES string of the molecule is O=C(Nc1cc([N+](=O)[O-])c(F)cc1F)c1csc(I)c1. The number of nitrogens with zero attached hydrogens (tertiary/aromatic N) is 1. The first kappa shape index (κ1) is 14.8. The van der Waals surface area contributed by atoms with Gasteiger partial charge in [0.2, 0.25) is 5.82 Å². The van der Waals surface area contributed by atoms with E-state index in [9.17, 15) is 23.7 Å². The van der Waals surface area contributed by atoms with Crippen LogP contribution in [-0.2, 0) is 0 Å². The van der Waals surface area contributed by atoms with Gasteiger partial charge >= 0.3 is 5.69 Å². The number of carbonyl (C=O) groups is 1. The zero-order chi connectivity index (χ0) is 14.9. The van der Waals surface area contributed by atoms with E-state index >= 15 is 0 Å². The number of nitrogens with one attached hydrogen (secondary N) is 1. The highest BCUT2D eigenvalue weighted by molar-refractivity contribution is 14.1. The first-order valence-electron chi connectivity index (χ1n) is 5.07. The van der Waals surface area contributed by atoms with Gasteiger partial charge < -0.3 is 5.32 Å². The maximum Gasteiger partial charge on any atom is 0.307 e. The number of benzene rings is 1. The molecule has 0 bridgehead atoms. The Bertz CT molecular complexity index is 705. The Morgan fingerprint density at radius 2 is 2.00 bits per heavy atom. The zero-order valence-corrected chi connectivity index (χ0v) is 12.5. The third-order valence-electron chi connectivity index (χ3n) is 2.31. The number of halogens is 3. The fraction of sp³-hybridized carbons (Fsp3) is 0. The molecule has 0 aliphatic heterocycles. The van der Waals surface area contributed by atoms with Crippen LogP contribution in [0.5, 0.6) is 0 Å². The Balaban J connectivity index is 2.31. The smallest absolute Gasteiger partial charge is 0.307 e. The highest BCUT2D eigenvalue weighted by atomic mass is 127. The van der Waals surface area contributed by atoms with Crippen molar-refractivity contribution in [3.8, 4) is 0 Å². The third-order valence-corrected chi connectivity index (χ3v) is 4.10. The minimum absolute atomic E-state index is 0.297. The summed E-state index contributed by atoms with van der Waals surface area (Å²) in [4.78, 5) is 21.4. The largest absolute Gasteiger partial charge is 0.319 e. The molecular weight excluding hydrogens is 405 g/mol. The predicted molar refractivity (Wildman–Crippen MR) is 78.0 cm³/mol. The van der Waals surface area contributed by atoms with Gasteiger partial charge in [-0.2, -0.15) is 4.39 Å². The van der Waals surface area contributed by atoms with Gasteiger partial charge in [-0.25, -0.2) is 4.39 Å². The second-order valence-corrected chi connectivity index (χ2v) is 6.44. The average Bonchev–Trinajstić information content (AvgIpc) is 2.79. The van der Waals surface area contributed by atoms with Gasteiger partial charge in [-0.05, 0) is 28.7 Å². The quantitative estimate of drug-likeness (QED) is 0.476.